The highest BCUT2D eigenvalue weighted by molar-refractivity contribution is 5.64. The van der Waals surface area contributed by atoms with Crippen LogP contribution in [0.4, 0.5) is 11.6 Å². The highest BCUT2D eigenvalue weighted by atomic mass is 15.3. The average Bonchev–Trinajstić information content (AvgIpc) is 3.66. The van der Waals surface area contributed by atoms with Crippen LogP contribution in [0.5, 0.6) is 0 Å². The number of nitrogens with one attached hydrogen (secondary N) is 3. The Morgan fingerprint density at radius 2 is 1.65 bits per heavy atom. The zero-order valence-electron chi connectivity index (χ0n) is 19.5. The smallest absolute Gasteiger partial charge is 0.163 e. The van der Waals surface area contributed by atoms with E-state index in [-0.39, 0.29) is 0 Å². The molecule has 2 aliphatic rings. The summed E-state index contributed by atoms with van der Waals surface area (Å²) in [5, 5.41) is 15.4. The summed E-state index contributed by atoms with van der Waals surface area (Å²) < 4.78 is 1.97. The van der Waals surface area contributed by atoms with Gasteiger partial charge in [-0.25, -0.2) is 4.98 Å². The minimum Gasteiger partial charge on any atom is -0.370 e. The predicted octanol–water partition coefficient (Wildman–Crippen LogP) is 5.30. The topological polar surface area (TPSA) is 66.3 Å². The molecule has 6 nitrogen and oxygen atoms in total. The van der Waals surface area contributed by atoms with Crippen LogP contribution in [0.2, 0.25) is 0 Å². The molecular weight excluding hydrogens is 420 g/mol. The Balaban J connectivity index is 1.21. The fraction of sp³-hybridized carbons (Fsp3) is 0.357. The van der Waals surface area contributed by atoms with E-state index in [1.807, 2.05) is 10.7 Å². The Bertz CT molecular complexity index is 1240. The molecule has 1 aliphatic heterocycles. The molecule has 6 heteroatoms. The minimum atomic E-state index is 0.614. The van der Waals surface area contributed by atoms with Crippen molar-refractivity contribution in [2.45, 2.75) is 38.1 Å². The predicted molar refractivity (Wildman–Crippen MR) is 138 cm³/mol. The molecule has 2 aromatic carbocycles. The first-order valence-electron chi connectivity index (χ1n) is 12.5. The molecular formula is C28H32N6. The maximum atomic E-state index is 4.98. The van der Waals surface area contributed by atoms with Gasteiger partial charge in [0.05, 0.1) is 6.20 Å². The minimum absolute atomic E-state index is 0.614. The number of piperidine rings is 1. The van der Waals surface area contributed by atoms with Gasteiger partial charge in [-0.05, 0) is 67.3 Å². The molecule has 3 N–H and O–H groups in total. The van der Waals surface area contributed by atoms with Gasteiger partial charge in [-0.3, -0.25) is 0 Å². The number of nitrogens with zero attached hydrogens (tertiary/aromatic N) is 3. The monoisotopic (exact) mass is 452 g/mol. The Kier molecular flexibility index (Phi) is 5.90. The maximum Gasteiger partial charge on any atom is 0.163 e. The third-order valence-corrected chi connectivity index (χ3v) is 7.08. The van der Waals surface area contributed by atoms with Crippen LogP contribution in [0.15, 0.2) is 66.9 Å². The molecule has 3 heterocycles. The molecule has 1 saturated carbocycles. The van der Waals surface area contributed by atoms with Gasteiger partial charge in [-0.1, -0.05) is 54.6 Å². The van der Waals surface area contributed by atoms with Crippen molar-refractivity contribution in [2.75, 3.05) is 30.3 Å². The Morgan fingerprint density at radius 3 is 2.41 bits per heavy atom. The molecule has 174 valence electrons. The van der Waals surface area contributed by atoms with Crippen LogP contribution in [-0.2, 0) is 6.54 Å². The maximum absolute atomic E-state index is 4.98. The largest absolute Gasteiger partial charge is 0.370 e. The third-order valence-electron chi connectivity index (χ3n) is 7.08. The van der Waals surface area contributed by atoms with Gasteiger partial charge < -0.3 is 16.0 Å². The number of anilines is 2. The van der Waals surface area contributed by atoms with E-state index in [1.54, 1.807) is 0 Å². The lowest BCUT2D eigenvalue weighted by atomic mass is 9.98. The molecule has 6 rings (SSSR count). The van der Waals surface area contributed by atoms with Crippen molar-refractivity contribution in [1.82, 2.24) is 19.9 Å². The lowest BCUT2D eigenvalue weighted by molar-refractivity contribution is 0.389. The highest BCUT2D eigenvalue weighted by Gasteiger charge is 2.28. The molecule has 4 aromatic rings. The van der Waals surface area contributed by atoms with Crippen LogP contribution in [0.25, 0.3) is 16.8 Å². The second-order valence-corrected chi connectivity index (χ2v) is 9.63. The molecule has 0 atom stereocenters. The van der Waals surface area contributed by atoms with Crippen LogP contribution in [0, 0.1) is 5.92 Å². The summed E-state index contributed by atoms with van der Waals surface area (Å²) >= 11 is 0. The first-order chi connectivity index (χ1) is 16.8. The molecule has 0 bridgehead atoms. The van der Waals surface area contributed by atoms with Crippen molar-refractivity contribution >= 4 is 17.3 Å². The van der Waals surface area contributed by atoms with Crippen molar-refractivity contribution < 1.29 is 0 Å². The van der Waals surface area contributed by atoms with Crippen molar-refractivity contribution in [1.29, 1.82) is 0 Å². The summed E-state index contributed by atoms with van der Waals surface area (Å²) in [6.07, 6.45) is 6.94. The molecule has 0 unspecified atom stereocenters. The molecule has 0 radical (unpaired) electrons. The average molecular weight is 453 g/mol. The summed E-state index contributed by atoms with van der Waals surface area (Å²) in [6, 6.07) is 21.4. The number of aromatic nitrogens is 3. The molecule has 0 spiro atoms. The van der Waals surface area contributed by atoms with Gasteiger partial charge in [0.1, 0.15) is 11.6 Å². The molecule has 1 aliphatic carbocycles. The van der Waals surface area contributed by atoms with Crippen LogP contribution in [-0.4, -0.2) is 34.2 Å². The number of rotatable bonds is 8. The number of hydrogen-bond acceptors (Lipinski definition) is 5. The molecule has 2 fully saturated rings. The number of fused-ring (bicyclic) bond motifs is 1. The van der Waals surface area contributed by atoms with Crippen LogP contribution in [0.1, 0.15) is 42.7 Å². The van der Waals surface area contributed by atoms with Gasteiger partial charge in [0.15, 0.2) is 5.65 Å². The Hall–Kier alpha value is -3.38. The van der Waals surface area contributed by atoms with Gasteiger partial charge in [0.25, 0.3) is 0 Å². The summed E-state index contributed by atoms with van der Waals surface area (Å²) in [7, 11) is 0. The summed E-state index contributed by atoms with van der Waals surface area (Å²) in [5.41, 5.74) is 5.98. The number of benzene rings is 2. The zero-order valence-corrected chi connectivity index (χ0v) is 19.5. The van der Waals surface area contributed by atoms with Crippen molar-refractivity contribution in [3.05, 3.63) is 78.0 Å². The van der Waals surface area contributed by atoms with Gasteiger partial charge in [0.2, 0.25) is 0 Å². The Morgan fingerprint density at radius 1 is 0.882 bits per heavy atom. The summed E-state index contributed by atoms with van der Waals surface area (Å²) in [5.74, 6) is 3.24. The van der Waals surface area contributed by atoms with Gasteiger partial charge >= 0.3 is 0 Å². The molecule has 2 aromatic heterocycles. The van der Waals surface area contributed by atoms with Gasteiger partial charge in [-0.2, -0.15) is 9.61 Å². The van der Waals surface area contributed by atoms with E-state index in [0.29, 0.717) is 11.8 Å². The first kappa shape index (κ1) is 21.2. The Labute approximate surface area is 200 Å². The first-order valence-corrected chi connectivity index (χ1v) is 12.5. The standard InChI is InChI=1S/C28H32N6/c1-2-4-22(5-3-1)23-8-6-20(7-9-23)18-31-27-16-26(30-17-21-12-14-29-15-13-21)33-28-25(24-10-11-24)19-32-34(27)28/h1-9,16,19,21,24,29,31H,10-15,17-18H2,(H,30,33). The van der Waals surface area contributed by atoms with E-state index < -0.39 is 0 Å². The van der Waals surface area contributed by atoms with Crippen molar-refractivity contribution in [3.63, 3.8) is 0 Å². The van der Waals surface area contributed by atoms with E-state index in [4.69, 9.17) is 10.1 Å². The van der Waals surface area contributed by atoms with Crippen molar-refractivity contribution in [3.8, 4) is 11.1 Å². The fourth-order valence-electron chi connectivity index (χ4n) is 4.85. The highest BCUT2D eigenvalue weighted by Crippen LogP contribution is 2.42. The lowest BCUT2D eigenvalue weighted by Crippen LogP contribution is -2.31. The van der Waals surface area contributed by atoms with E-state index in [2.05, 4.69) is 76.6 Å². The van der Waals surface area contributed by atoms with Crippen LogP contribution < -0.4 is 16.0 Å². The normalized spacial score (nSPS) is 16.6. The fourth-order valence-corrected chi connectivity index (χ4v) is 4.85. The van der Waals surface area contributed by atoms with Crippen molar-refractivity contribution in [2.24, 2.45) is 5.92 Å². The van der Waals surface area contributed by atoms with Crippen LogP contribution >= 0.6 is 0 Å². The van der Waals surface area contributed by atoms with E-state index >= 15 is 0 Å². The van der Waals surface area contributed by atoms with E-state index in [1.165, 1.54) is 47.9 Å². The molecule has 1 saturated heterocycles. The second kappa shape index (κ2) is 9.47. The SMILES string of the molecule is c1ccc(-c2ccc(CNc3cc(NCC4CCNCC4)nc4c(C5CC5)cnn34)cc2)cc1. The third kappa shape index (κ3) is 4.64. The zero-order chi connectivity index (χ0) is 22.7. The van der Waals surface area contributed by atoms with E-state index in [9.17, 15) is 0 Å². The quantitative estimate of drug-likeness (QED) is 0.339. The van der Waals surface area contributed by atoms with Gasteiger partial charge in [0, 0.05) is 24.7 Å². The second-order valence-electron chi connectivity index (χ2n) is 9.63. The lowest BCUT2D eigenvalue weighted by Gasteiger charge is -2.23. The van der Waals surface area contributed by atoms with E-state index in [0.717, 1.165) is 43.5 Å². The summed E-state index contributed by atoms with van der Waals surface area (Å²) in [4.78, 5) is 4.98. The van der Waals surface area contributed by atoms with Crippen LogP contribution in [0.3, 0.4) is 0 Å². The summed E-state index contributed by atoms with van der Waals surface area (Å²) in [6.45, 7) is 3.94. The molecule has 34 heavy (non-hydrogen) atoms. The number of hydrogen-bond donors (Lipinski definition) is 3. The molecule has 0 amide bonds. The van der Waals surface area contributed by atoms with Gasteiger partial charge in [-0.15, -0.1) is 0 Å².